The van der Waals surface area contributed by atoms with Gasteiger partial charge in [-0.25, -0.2) is 0 Å². The SMILES string of the molecule is Cc1nnc(N2C(=O)C(=O)C(=C(O)c3ccc4c(c3)C[C@@H](C)O4)[C@H]2c2ccc(C(C)(C)C)cc2)s1. The predicted molar refractivity (Wildman–Crippen MR) is 135 cm³/mol. The smallest absolute Gasteiger partial charge is 0.301 e. The first-order valence-electron chi connectivity index (χ1n) is 11.6. The second-order valence-corrected chi connectivity index (χ2v) is 11.3. The molecule has 3 heterocycles. The molecule has 0 bridgehead atoms. The summed E-state index contributed by atoms with van der Waals surface area (Å²) in [7, 11) is 0. The van der Waals surface area contributed by atoms with Crippen LogP contribution in [0.3, 0.4) is 0 Å². The minimum absolute atomic E-state index is 0.0401. The van der Waals surface area contributed by atoms with E-state index in [1.165, 1.54) is 16.2 Å². The van der Waals surface area contributed by atoms with Crippen LogP contribution < -0.4 is 9.64 Å². The fraction of sp³-hybridized carbons (Fsp3) is 0.333. The summed E-state index contributed by atoms with van der Waals surface area (Å²) in [4.78, 5) is 27.9. The summed E-state index contributed by atoms with van der Waals surface area (Å²) in [5.74, 6) is -0.913. The summed E-state index contributed by atoms with van der Waals surface area (Å²) in [6.07, 6.45) is 0.766. The lowest BCUT2D eigenvalue weighted by molar-refractivity contribution is -0.132. The van der Waals surface area contributed by atoms with Crippen molar-refractivity contribution in [3.8, 4) is 5.75 Å². The van der Waals surface area contributed by atoms with Gasteiger partial charge in [0.15, 0.2) is 0 Å². The molecule has 2 aliphatic rings. The van der Waals surface area contributed by atoms with Crippen LogP contribution in [0.1, 0.15) is 61.0 Å². The van der Waals surface area contributed by atoms with Crippen molar-refractivity contribution < 1.29 is 19.4 Å². The van der Waals surface area contributed by atoms with E-state index >= 15 is 0 Å². The number of carbonyl (C=O) groups is 2. The Bertz CT molecular complexity index is 1370. The highest BCUT2D eigenvalue weighted by Crippen LogP contribution is 2.44. The summed E-state index contributed by atoms with van der Waals surface area (Å²) in [6.45, 7) is 10.1. The number of benzene rings is 2. The molecule has 1 aromatic heterocycles. The van der Waals surface area contributed by atoms with Crippen LogP contribution in [-0.4, -0.2) is 33.1 Å². The number of carbonyl (C=O) groups excluding carboxylic acids is 2. The van der Waals surface area contributed by atoms with E-state index in [0.29, 0.717) is 27.7 Å². The van der Waals surface area contributed by atoms with Gasteiger partial charge in [-0.15, -0.1) is 10.2 Å². The van der Waals surface area contributed by atoms with Crippen LogP contribution in [0.4, 0.5) is 5.13 Å². The van der Waals surface area contributed by atoms with Crippen LogP contribution in [0.2, 0.25) is 0 Å². The number of aliphatic hydroxyl groups excluding tert-OH is 1. The lowest BCUT2D eigenvalue weighted by Crippen LogP contribution is -2.29. The Hall–Kier alpha value is -3.52. The molecule has 0 radical (unpaired) electrons. The molecule has 180 valence electrons. The Kier molecular flexibility index (Phi) is 5.51. The van der Waals surface area contributed by atoms with Gasteiger partial charge in [-0.3, -0.25) is 14.5 Å². The molecule has 0 saturated carbocycles. The zero-order chi connectivity index (χ0) is 25.1. The van der Waals surface area contributed by atoms with Gasteiger partial charge in [-0.05, 0) is 54.2 Å². The van der Waals surface area contributed by atoms with Crippen LogP contribution in [0.5, 0.6) is 5.75 Å². The zero-order valence-corrected chi connectivity index (χ0v) is 21.1. The molecule has 0 spiro atoms. The number of ether oxygens (including phenoxy) is 1. The van der Waals surface area contributed by atoms with Gasteiger partial charge in [0.25, 0.3) is 5.78 Å². The number of hydrogen-bond acceptors (Lipinski definition) is 7. The number of aryl methyl sites for hydroxylation is 1. The maximum Gasteiger partial charge on any atom is 0.301 e. The lowest BCUT2D eigenvalue weighted by atomic mass is 9.85. The first-order valence-corrected chi connectivity index (χ1v) is 12.4. The standard InChI is InChI=1S/C27H27N3O4S/c1-14-12-18-13-17(8-11-20(18)34-14)23(31)21-22(16-6-9-19(10-7-16)27(3,4)5)30(25(33)24(21)32)26-29-28-15(2)35-26/h6-11,13-14,22,31H,12H2,1-5H3/t14-,22-/m1/s1. The van der Waals surface area contributed by atoms with E-state index in [1.54, 1.807) is 19.1 Å². The first-order chi connectivity index (χ1) is 16.5. The molecule has 1 saturated heterocycles. The number of aromatic nitrogens is 2. The van der Waals surface area contributed by atoms with Crippen molar-refractivity contribution in [3.63, 3.8) is 0 Å². The highest BCUT2D eigenvalue weighted by molar-refractivity contribution is 7.15. The van der Waals surface area contributed by atoms with Crippen LogP contribution in [-0.2, 0) is 21.4 Å². The topological polar surface area (TPSA) is 92.6 Å². The Morgan fingerprint density at radius 1 is 1.11 bits per heavy atom. The van der Waals surface area contributed by atoms with Crippen molar-refractivity contribution in [1.82, 2.24) is 10.2 Å². The number of fused-ring (bicyclic) bond motifs is 1. The van der Waals surface area contributed by atoms with Crippen molar-refractivity contribution in [2.75, 3.05) is 4.90 Å². The van der Waals surface area contributed by atoms with E-state index in [2.05, 4.69) is 31.0 Å². The third-order valence-corrected chi connectivity index (χ3v) is 7.27. The molecule has 1 fully saturated rings. The molecule has 0 unspecified atom stereocenters. The second kappa shape index (κ2) is 8.30. The van der Waals surface area contributed by atoms with E-state index in [0.717, 1.165) is 16.9 Å². The second-order valence-electron chi connectivity index (χ2n) is 10.1. The Morgan fingerprint density at radius 2 is 1.83 bits per heavy atom. The van der Waals surface area contributed by atoms with E-state index in [-0.39, 0.29) is 22.9 Å². The van der Waals surface area contributed by atoms with Crippen molar-refractivity contribution in [3.05, 3.63) is 75.3 Å². The molecule has 35 heavy (non-hydrogen) atoms. The van der Waals surface area contributed by atoms with E-state index in [9.17, 15) is 14.7 Å². The number of ketones is 1. The number of amides is 1. The number of aliphatic hydroxyl groups is 1. The van der Waals surface area contributed by atoms with Gasteiger partial charge >= 0.3 is 5.91 Å². The predicted octanol–water partition coefficient (Wildman–Crippen LogP) is 5.09. The van der Waals surface area contributed by atoms with Crippen LogP contribution >= 0.6 is 11.3 Å². The number of Topliss-reactive ketones (excluding diaryl/α,β-unsaturated/α-hetero) is 1. The van der Waals surface area contributed by atoms with Gasteiger partial charge in [-0.2, -0.15) is 0 Å². The largest absolute Gasteiger partial charge is 0.507 e. The minimum atomic E-state index is -0.820. The van der Waals surface area contributed by atoms with Crippen molar-refractivity contribution >= 4 is 33.9 Å². The number of hydrogen-bond donors (Lipinski definition) is 1. The molecule has 2 aliphatic heterocycles. The van der Waals surface area contributed by atoms with Crippen molar-refractivity contribution in [2.24, 2.45) is 0 Å². The van der Waals surface area contributed by atoms with Gasteiger partial charge < -0.3 is 9.84 Å². The van der Waals surface area contributed by atoms with Gasteiger partial charge in [0.05, 0.1) is 11.6 Å². The molecule has 1 N–H and O–H groups in total. The van der Waals surface area contributed by atoms with Crippen LogP contribution in [0.25, 0.3) is 5.76 Å². The quantitative estimate of drug-likeness (QED) is 0.313. The number of nitrogens with zero attached hydrogens (tertiary/aromatic N) is 3. The molecule has 2 atom stereocenters. The van der Waals surface area contributed by atoms with Crippen molar-refractivity contribution in [2.45, 2.75) is 58.6 Å². The Balaban J connectivity index is 1.67. The van der Waals surface area contributed by atoms with E-state index in [4.69, 9.17) is 4.74 Å². The van der Waals surface area contributed by atoms with E-state index in [1.807, 2.05) is 37.3 Å². The maximum atomic E-state index is 13.3. The zero-order valence-electron chi connectivity index (χ0n) is 20.3. The maximum absolute atomic E-state index is 13.3. The summed E-state index contributed by atoms with van der Waals surface area (Å²) in [6, 6.07) is 12.3. The summed E-state index contributed by atoms with van der Waals surface area (Å²) >= 11 is 1.23. The van der Waals surface area contributed by atoms with Gasteiger partial charge in [0.2, 0.25) is 5.13 Å². The Labute approximate surface area is 208 Å². The van der Waals surface area contributed by atoms with Crippen LogP contribution in [0, 0.1) is 6.92 Å². The van der Waals surface area contributed by atoms with Crippen LogP contribution in [0.15, 0.2) is 48.0 Å². The fourth-order valence-electron chi connectivity index (χ4n) is 4.62. The first kappa shape index (κ1) is 23.2. The summed E-state index contributed by atoms with van der Waals surface area (Å²) in [5.41, 5.74) is 3.26. The van der Waals surface area contributed by atoms with E-state index < -0.39 is 17.7 Å². The summed E-state index contributed by atoms with van der Waals surface area (Å²) < 4.78 is 5.77. The van der Waals surface area contributed by atoms with Gasteiger partial charge in [-0.1, -0.05) is 56.4 Å². The Morgan fingerprint density at radius 3 is 2.46 bits per heavy atom. The van der Waals surface area contributed by atoms with Gasteiger partial charge in [0, 0.05) is 12.0 Å². The highest BCUT2D eigenvalue weighted by Gasteiger charge is 2.48. The average Bonchev–Trinajstić information content (AvgIpc) is 3.47. The number of rotatable bonds is 3. The molecule has 5 rings (SSSR count). The monoisotopic (exact) mass is 489 g/mol. The average molecular weight is 490 g/mol. The molecule has 2 aromatic carbocycles. The summed E-state index contributed by atoms with van der Waals surface area (Å²) in [5, 5.41) is 20.6. The molecule has 7 nitrogen and oxygen atoms in total. The minimum Gasteiger partial charge on any atom is -0.507 e. The number of anilines is 1. The molecule has 3 aromatic rings. The fourth-order valence-corrected chi connectivity index (χ4v) is 5.33. The molecule has 8 heteroatoms. The lowest BCUT2D eigenvalue weighted by Gasteiger charge is -2.24. The molecule has 1 amide bonds. The molecule has 0 aliphatic carbocycles. The normalized spacial score (nSPS) is 21.3. The molecular weight excluding hydrogens is 462 g/mol. The highest BCUT2D eigenvalue weighted by atomic mass is 32.1. The van der Waals surface area contributed by atoms with Crippen molar-refractivity contribution in [1.29, 1.82) is 0 Å². The third-order valence-electron chi connectivity index (χ3n) is 6.43. The molecular formula is C27H27N3O4S. The van der Waals surface area contributed by atoms with Gasteiger partial charge in [0.1, 0.15) is 22.6 Å². The third kappa shape index (κ3) is 4.01.